The normalized spacial score (nSPS) is 24.7. The standard InChI is InChI=1S/C24H42/c1-2-4-6-8-10-12-14-16-18-20-22-24-23-21-19-17-15-13-11-9-7-5-3-1/h1-2,15-18H,3-14,19-24H2/b2-1+,17-15+,18-16?. The number of hydrogen-bond acceptors (Lipinski definition) is 0. The molecule has 0 unspecified atom stereocenters. The van der Waals surface area contributed by atoms with E-state index in [0.29, 0.717) is 0 Å². The third-order valence-corrected chi connectivity index (χ3v) is 4.97. The molecule has 0 heterocycles. The van der Waals surface area contributed by atoms with Crippen LogP contribution in [0.25, 0.3) is 0 Å². The van der Waals surface area contributed by atoms with Crippen LogP contribution in [-0.4, -0.2) is 0 Å². The van der Waals surface area contributed by atoms with E-state index in [1.165, 1.54) is 116 Å². The molecule has 0 aromatic rings. The molecule has 0 amide bonds. The maximum absolute atomic E-state index is 2.42. The van der Waals surface area contributed by atoms with E-state index in [2.05, 4.69) is 36.5 Å². The summed E-state index contributed by atoms with van der Waals surface area (Å²) in [6.45, 7) is 0. The van der Waals surface area contributed by atoms with E-state index in [4.69, 9.17) is 0 Å². The Labute approximate surface area is 152 Å². The van der Waals surface area contributed by atoms with Crippen molar-refractivity contribution >= 4 is 0 Å². The number of allylic oxidation sites excluding steroid dienone is 6. The first-order valence-corrected chi connectivity index (χ1v) is 10.9. The fourth-order valence-electron chi connectivity index (χ4n) is 3.34. The van der Waals surface area contributed by atoms with Gasteiger partial charge in [-0.15, -0.1) is 0 Å². The average Bonchev–Trinajstić information content (AvgIpc) is 2.59. The molecule has 0 heteroatoms. The van der Waals surface area contributed by atoms with Crippen molar-refractivity contribution in [1.29, 1.82) is 0 Å². The van der Waals surface area contributed by atoms with Crippen LogP contribution >= 0.6 is 0 Å². The highest BCUT2D eigenvalue weighted by molar-refractivity contribution is 4.83. The van der Waals surface area contributed by atoms with Crippen molar-refractivity contribution in [2.24, 2.45) is 0 Å². The Bertz CT molecular complexity index is 239. The lowest BCUT2D eigenvalue weighted by atomic mass is 10.1. The van der Waals surface area contributed by atoms with Crippen molar-refractivity contribution in [3.8, 4) is 0 Å². The van der Waals surface area contributed by atoms with E-state index >= 15 is 0 Å². The molecule has 0 fully saturated rings. The van der Waals surface area contributed by atoms with Crippen LogP contribution in [0.3, 0.4) is 0 Å². The van der Waals surface area contributed by atoms with Gasteiger partial charge in [-0.05, 0) is 77.0 Å². The van der Waals surface area contributed by atoms with Gasteiger partial charge in [0, 0.05) is 0 Å². The summed E-state index contributed by atoms with van der Waals surface area (Å²) in [5.41, 5.74) is 0. The van der Waals surface area contributed by atoms with E-state index in [9.17, 15) is 0 Å². The van der Waals surface area contributed by atoms with Gasteiger partial charge in [-0.25, -0.2) is 0 Å². The first kappa shape index (κ1) is 21.3. The van der Waals surface area contributed by atoms with Crippen LogP contribution in [0.1, 0.15) is 116 Å². The van der Waals surface area contributed by atoms with Crippen molar-refractivity contribution in [2.45, 2.75) is 116 Å². The van der Waals surface area contributed by atoms with E-state index in [1.807, 2.05) is 0 Å². The molecule has 0 nitrogen and oxygen atoms in total. The molecule has 0 N–H and O–H groups in total. The van der Waals surface area contributed by atoms with Crippen LogP contribution in [0.15, 0.2) is 36.5 Å². The van der Waals surface area contributed by atoms with Crippen molar-refractivity contribution < 1.29 is 0 Å². The topological polar surface area (TPSA) is 0 Å². The second kappa shape index (κ2) is 18.6. The second-order valence-corrected chi connectivity index (χ2v) is 7.39. The van der Waals surface area contributed by atoms with Gasteiger partial charge in [-0.2, -0.15) is 0 Å². The summed E-state index contributed by atoms with van der Waals surface area (Å²) in [5.74, 6) is 0. The van der Waals surface area contributed by atoms with Crippen molar-refractivity contribution in [1.82, 2.24) is 0 Å². The monoisotopic (exact) mass is 330 g/mol. The predicted octanol–water partition coefficient (Wildman–Crippen LogP) is 8.69. The minimum absolute atomic E-state index is 1.29. The minimum Gasteiger partial charge on any atom is -0.0885 e. The first-order chi connectivity index (χ1) is 12.0. The van der Waals surface area contributed by atoms with Gasteiger partial charge in [0.25, 0.3) is 0 Å². The Morgan fingerprint density at radius 3 is 0.542 bits per heavy atom. The Morgan fingerprint density at radius 1 is 0.208 bits per heavy atom. The molecule has 0 bridgehead atoms. The van der Waals surface area contributed by atoms with Crippen LogP contribution in [0.2, 0.25) is 0 Å². The van der Waals surface area contributed by atoms with Gasteiger partial charge < -0.3 is 0 Å². The molecule has 0 spiro atoms. The highest BCUT2D eigenvalue weighted by Gasteiger charge is 1.91. The van der Waals surface area contributed by atoms with E-state index in [1.54, 1.807) is 0 Å². The van der Waals surface area contributed by atoms with Crippen LogP contribution < -0.4 is 0 Å². The lowest BCUT2D eigenvalue weighted by molar-refractivity contribution is 0.638. The second-order valence-electron chi connectivity index (χ2n) is 7.39. The quantitative estimate of drug-likeness (QED) is 0.390. The predicted molar refractivity (Wildman–Crippen MR) is 111 cm³/mol. The fraction of sp³-hybridized carbons (Fsp3) is 0.750. The van der Waals surface area contributed by atoms with Gasteiger partial charge in [0.15, 0.2) is 0 Å². The molecule has 1 rings (SSSR count). The molecular weight excluding hydrogens is 288 g/mol. The molecule has 0 saturated heterocycles. The number of hydrogen-bond donors (Lipinski definition) is 0. The zero-order valence-electron chi connectivity index (χ0n) is 16.2. The van der Waals surface area contributed by atoms with E-state index in [-0.39, 0.29) is 0 Å². The smallest absolute Gasteiger partial charge is 0.0351 e. The largest absolute Gasteiger partial charge is 0.0885 e. The van der Waals surface area contributed by atoms with Gasteiger partial charge in [0.2, 0.25) is 0 Å². The molecule has 0 saturated carbocycles. The SMILES string of the molecule is C1=CCCCCCC/C=C/CCCCCC/C=C/CCCCCC1. The van der Waals surface area contributed by atoms with Gasteiger partial charge in [0.05, 0.1) is 0 Å². The maximum atomic E-state index is 2.42. The van der Waals surface area contributed by atoms with Crippen LogP contribution in [0.4, 0.5) is 0 Å². The van der Waals surface area contributed by atoms with Crippen LogP contribution in [-0.2, 0) is 0 Å². The lowest BCUT2D eigenvalue weighted by Crippen LogP contribution is -1.80. The highest BCUT2D eigenvalue weighted by Crippen LogP contribution is 2.11. The Hall–Kier alpha value is -0.780. The Balaban J connectivity index is 2.14. The first-order valence-electron chi connectivity index (χ1n) is 10.9. The van der Waals surface area contributed by atoms with Gasteiger partial charge in [0.1, 0.15) is 0 Å². The van der Waals surface area contributed by atoms with Gasteiger partial charge in [-0.3, -0.25) is 0 Å². The van der Waals surface area contributed by atoms with Crippen LogP contribution in [0, 0.1) is 0 Å². The van der Waals surface area contributed by atoms with Gasteiger partial charge >= 0.3 is 0 Å². The molecule has 0 aromatic carbocycles. The lowest BCUT2D eigenvalue weighted by Gasteiger charge is -2.00. The molecule has 0 aromatic heterocycles. The van der Waals surface area contributed by atoms with Crippen LogP contribution in [0.5, 0.6) is 0 Å². The van der Waals surface area contributed by atoms with Crippen molar-refractivity contribution in [2.75, 3.05) is 0 Å². The molecule has 1 aliphatic carbocycles. The molecular formula is C24H42. The summed E-state index contributed by atoms with van der Waals surface area (Å²) in [4.78, 5) is 0. The molecule has 0 atom stereocenters. The number of rotatable bonds is 0. The highest BCUT2D eigenvalue weighted by atomic mass is 14.0. The van der Waals surface area contributed by atoms with E-state index in [0.717, 1.165) is 0 Å². The molecule has 138 valence electrons. The third kappa shape index (κ3) is 16.1. The van der Waals surface area contributed by atoms with E-state index < -0.39 is 0 Å². The summed E-state index contributed by atoms with van der Waals surface area (Å²) in [6, 6.07) is 0. The fourth-order valence-corrected chi connectivity index (χ4v) is 3.34. The summed E-state index contributed by atoms with van der Waals surface area (Å²) in [5, 5.41) is 0. The minimum atomic E-state index is 1.29. The Kier molecular flexibility index (Phi) is 16.4. The molecule has 1 aliphatic rings. The van der Waals surface area contributed by atoms with Crippen molar-refractivity contribution in [3.63, 3.8) is 0 Å². The third-order valence-electron chi connectivity index (χ3n) is 4.97. The van der Waals surface area contributed by atoms with Gasteiger partial charge in [-0.1, -0.05) is 75.0 Å². The average molecular weight is 331 g/mol. The summed E-state index contributed by atoms with van der Waals surface area (Å²) in [7, 11) is 0. The summed E-state index contributed by atoms with van der Waals surface area (Å²) >= 11 is 0. The zero-order valence-corrected chi connectivity index (χ0v) is 16.2. The maximum Gasteiger partial charge on any atom is -0.0351 e. The molecule has 0 aliphatic heterocycles. The molecule has 0 radical (unpaired) electrons. The van der Waals surface area contributed by atoms with Crippen molar-refractivity contribution in [3.05, 3.63) is 36.5 Å². The summed E-state index contributed by atoms with van der Waals surface area (Å²) in [6.07, 6.45) is 39.0. The molecule has 24 heavy (non-hydrogen) atoms. The Morgan fingerprint density at radius 2 is 0.375 bits per heavy atom. The zero-order chi connectivity index (χ0) is 17.0. The summed E-state index contributed by atoms with van der Waals surface area (Å²) < 4.78 is 0.